The number of nitrogens with zero attached hydrogens (tertiary/aromatic N) is 3. The molecule has 6 heteroatoms. The summed E-state index contributed by atoms with van der Waals surface area (Å²) in [5.74, 6) is -0.719. The highest BCUT2D eigenvalue weighted by molar-refractivity contribution is 5.93. The predicted octanol–water partition coefficient (Wildman–Crippen LogP) is 3.89. The lowest BCUT2D eigenvalue weighted by Crippen LogP contribution is -1.98. The molecule has 0 spiro atoms. The van der Waals surface area contributed by atoms with Crippen molar-refractivity contribution in [2.24, 2.45) is 0 Å². The van der Waals surface area contributed by atoms with Crippen molar-refractivity contribution in [3.8, 4) is 11.3 Å². The molecule has 4 aromatic rings. The van der Waals surface area contributed by atoms with Gasteiger partial charge in [0.2, 0.25) is 0 Å². The van der Waals surface area contributed by atoms with Gasteiger partial charge in [-0.15, -0.1) is 0 Å². The van der Waals surface area contributed by atoms with Gasteiger partial charge in [-0.05, 0) is 29.8 Å². The smallest absolute Gasteiger partial charge is 0.133 e. The van der Waals surface area contributed by atoms with Gasteiger partial charge >= 0.3 is 0 Å². The molecule has 0 amide bonds. The van der Waals surface area contributed by atoms with E-state index in [1.807, 2.05) is 12.3 Å². The van der Waals surface area contributed by atoms with Gasteiger partial charge in [-0.2, -0.15) is 0 Å². The number of benzene rings is 1. The standard InChI is InChI=1S/C18H12F2N4/c19-12-5-11(6-13(20)8-12)7-18-22-4-2-17(24-18)15-10-23-16-1-3-21-9-14(15)16/h1-6,8-10,23H,7H2. The molecule has 3 aromatic heterocycles. The first-order valence-corrected chi connectivity index (χ1v) is 7.37. The first-order valence-electron chi connectivity index (χ1n) is 7.37. The van der Waals surface area contributed by atoms with Crippen LogP contribution in [0, 0.1) is 11.6 Å². The van der Waals surface area contributed by atoms with Crippen molar-refractivity contribution in [1.29, 1.82) is 0 Å². The van der Waals surface area contributed by atoms with E-state index in [-0.39, 0.29) is 6.42 Å². The number of pyridine rings is 1. The van der Waals surface area contributed by atoms with Crippen LogP contribution in [0.2, 0.25) is 0 Å². The van der Waals surface area contributed by atoms with E-state index in [2.05, 4.69) is 19.9 Å². The second-order valence-electron chi connectivity index (χ2n) is 5.44. The van der Waals surface area contributed by atoms with Crippen molar-refractivity contribution in [1.82, 2.24) is 19.9 Å². The van der Waals surface area contributed by atoms with Gasteiger partial charge in [0, 0.05) is 53.7 Å². The summed E-state index contributed by atoms with van der Waals surface area (Å²) in [6.07, 6.45) is 7.24. The minimum atomic E-state index is -0.608. The predicted molar refractivity (Wildman–Crippen MR) is 86.3 cm³/mol. The summed E-state index contributed by atoms with van der Waals surface area (Å²) in [6.45, 7) is 0. The highest BCUT2D eigenvalue weighted by Gasteiger charge is 2.10. The van der Waals surface area contributed by atoms with Crippen molar-refractivity contribution < 1.29 is 8.78 Å². The van der Waals surface area contributed by atoms with Crippen molar-refractivity contribution >= 4 is 10.9 Å². The molecule has 0 atom stereocenters. The summed E-state index contributed by atoms with van der Waals surface area (Å²) >= 11 is 0. The van der Waals surface area contributed by atoms with E-state index < -0.39 is 11.6 Å². The van der Waals surface area contributed by atoms with E-state index in [0.29, 0.717) is 11.4 Å². The lowest BCUT2D eigenvalue weighted by molar-refractivity contribution is 0.580. The number of H-pyrrole nitrogens is 1. The first-order chi connectivity index (χ1) is 11.7. The minimum Gasteiger partial charge on any atom is -0.360 e. The van der Waals surface area contributed by atoms with Gasteiger partial charge in [-0.3, -0.25) is 4.98 Å². The Morgan fingerprint density at radius 2 is 1.83 bits per heavy atom. The van der Waals surface area contributed by atoms with E-state index in [1.54, 1.807) is 24.7 Å². The van der Waals surface area contributed by atoms with E-state index >= 15 is 0 Å². The number of fused-ring (bicyclic) bond motifs is 1. The normalized spacial score (nSPS) is 11.1. The molecule has 0 saturated carbocycles. The molecule has 24 heavy (non-hydrogen) atoms. The fourth-order valence-electron chi connectivity index (χ4n) is 2.70. The van der Waals surface area contributed by atoms with Crippen LogP contribution in [0.25, 0.3) is 22.2 Å². The summed E-state index contributed by atoms with van der Waals surface area (Å²) in [6, 6.07) is 7.10. The number of halogens is 2. The Labute approximate surface area is 136 Å². The highest BCUT2D eigenvalue weighted by atomic mass is 19.1. The Morgan fingerprint density at radius 1 is 1.00 bits per heavy atom. The van der Waals surface area contributed by atoms with Crippen molar-refractivity contribution in [3.05, 3.63) is 78.1 Å². The van der Waals surface area contributed by atoms with Crippen LogP contribution in [-0.4, -0.2) is 19.9 Å². The molecule has 0 radical (unpaired) electrons. The number of nitrogens with one attached hydrogen (secondary N) is 1. The summed E-state index contributed by atoms with van der Waals surface area (Å²) in [4.78, 5) is 16.0. The molecule has 1 N–H and O–H groups in total. The maximum atomic E-state index is 13.3. The second-order valence-corrected chi connectivity index (χ2v) is 5.44. The van der Waals surface area contributed by atoms with Crippen LogP contribution in [0.5, 0.6) is 0 Å². The van der Waals surface area contributed by atoms with Gasteiger partial charge in [0.25, 0.3) is 0 Å². The maximum absolute atomic E-state index is 13.3. The lowest BCUT2D eigenvalue weighted by Gasteiger charge is -2.04. The molecule has 4 nitrogen and oxygen atoms in total. The zero-order valence-corrected chi connectivity index (χ0v) is 12.5. The third-order valence-corrected chi connectivity index (χ3v) is 3.75. The molecule has 0 aliphatic heterocycles. The quantitative estimate of drug-likeness (QED) is 0.622. The first kappa shape index (κ1) is 14.4. The van der Waals surface area contributed by atoms with Crippen LogP contribution in [0.1, 0.15) is 11.4 Å². The van der Waals surface area contributed by atoms with Gasteiger partial charge in [0.1, 0.15) is 17.5 Å². The number of hydrogen-bond donors (Lipinski definition) is 1. The zero-order valence-electron chi connectivity index (χ0n) is 12.5. The molecule has 118 valence electrons. The molecule has 0 aliphatic rings. The lowest BCUT2D eigenvalue weighted by atomic mass is 10.1. The Morgan fingerprint density at radius 3 is 2.67 bits per heavy atom. The van der Waals surface area contributed by atoms with Gasteiger partial charge in [-0.1, -0.05) is 0 Å². The number of aromatic nitrogens is 4. The molecular formula is C18H12F2N4. The van der Waals surface area contributed by atoms with Gasteiger partial charge in [0.05, 0.1) is 5.69 Å². The molecule has 4 rings (SSSR count). The Balaban J connectivity index is 1.71. The number of aromatic amines is 1. The van der Waals surface area contributed by atoms with Crippen LogP contribution in [-0.2, 0) is 6.42 Å². The van der Waals surface area contributed by atoms with Crippen molar-refractivity contribution in [3.63, 3.8) is 0 Å². The third-order valence-electron chi connectivity index (χ3n) is 3.75. The van der Waals surface area contributed by atoms with Crippen molar-refractivity contribution in [2.75, 3.05) is 0 Å². The fraction of sp³-hybridized carbons (Fsp3) is 0.0556. The SMILES string of the molecule is Fc1cc(F)cc(Cc2nccc(-c3c[nH]c4ccncc34)n2)c1. The molecule has 0 aliphatic carbocycles. The summed E-state index contributed by atoms with van der Waals surface area (Å²) < 4.78 is 26.6. The van der Waals surface area contributed by atoms with Crippen LogP contribution >= 0.6 is 0 Å². The van der Waals surface area contributed by atoms with E-state index in [4.69, 9.17) is 0 Å². The van der Waals surface area contributed by atoms with E-state index in [9.17, 15) is 8.78 Å². The van der Waals surface area contributed by atoms with Gasteiger partial charge < -0.3 is 4.98 Å². The van der Waals surface area contributed by atoms with Gasteiger partial charge in [-0.25, -0.2) is 18.7 Å². The average Bonchev–Trinajstić information content (AvgIpc) is 2.98. The second kappa shape index (κ2) is 5.81. The molecule has 0 unspecified atom stereocenters. The van der Waals surface area contributed by atoms with Crippen LogP contribution in [0.15, 0.2) is 55.1 Å². The molecule has 0 bridgehead atoms. The Kier molecular flexibility index (Phi) is 3.49. The Bertz CT molecular complexity index is 1010. The molecule has 0 fully saturated rings. The maximum Gasteiger partial charge on any atom is 0.133 e. The molecule has 0 saturated heterocycles. The third kappa shape index (κ3) is 2.74. The summed E-state index contributed by atoms with van der Waals surface area (Å²) in [5.41, 5.74) is 3.10. The van der Waals surface area contributed by atoms with Crippen LogP contribution in [0.4, 0.5) is 8.78 Å². The monoisotopic (exact) mass is 322 g/mol. The topological polar surface area (TPSA) is 54.5 Å². The molecular weight excluding hydrogens is 310 g/mol. The zero-order chi connectivity index (χ0) is 16.5. The van der Waals surface area contributed by atoms with E-state index in [0.717, 1.165) is 28.2 Å². The largest absolute Gasteiger partial charge is 0.360 e. The summed E-state index contributed by atoms with van der Waals surface area (Å²) in [5, 5.41) is 0.957. The highest BCUT2D eigenvalue weighted by Crippen LogP contribution is 2.26. The number of hydrogen-bond acceptors (Lipinski definition) is 3. The fourth-order valence-corrected chi connectivity index (χ4v) is 2.70. The van der Waals surface area contributed by atoms with Crippen LogP contribution in [0.3, 0.4) is 0 Å². The average molecular weight is 322 g/mol. The van der Waals surface area contributed by atoms with Crippen molar-refractivity contribution in [2.45, 2.75) is 6.42 Å². The summed E-state index contributed by atoms with van der Waals surface area (Å²) in [7, 11) is 0. The minimum absolute atomic E-state index is 0.253. The Hall–Kier alpha value is -3.15. The van der Waals surface area contributed by atoms with Crippen LogP contribution < -0.4 is 0 Å². The van der Waals surface area contributed by atoms with E-state index in [1.165, 1.54) is 12.1 Å². The molecule has 3 heterocycles. The molecule has 1 aromatic carbocycles. The number of rotatable bonds is 3. The van der Waals surface area contributed by atoms with Gasteiger partial charge in [0.15, 0.2) is 0 Å².